The molecule has 0 bridgehead atoms. The first kappa shape index (κ1) is 14.8. The van der Waals surface area contributed by atoms with Gasteiger partial charge in [0.15, 0.2) is 0 Å². The molecule has 0 radical (unpaired) electrons. The fourth-order valence-electron chi connectivity index (χ4n) is 3.00. The van der Waals surface area contributed by atoms with E-state index in [9.17, 15) is 0 Å². The molecular weight excluding hydrogens is 268 g/mol. The monoisotopic (exact) mass is 292 g/mol. The van der Waals surface area contributed by atoms with Crippen LogP contribution in [0.5, 0.6) is 0 Å². The highest BCUT2D eigenvalue weighted by molar-refractivity contribution is 5.45. The van der Waals surface area contributed by atoms with Crippen molar-refractivity contribution in [3.63, 3.8) is 0 Å². The van der Waals surface area contributed by atoms with Gasteiger partial charge in [0.25, 0.3) is 0 Å². The number of ether oxygens (including phenoxy) is 3. The number of benzene rings is 1. The van der Waals surface area contributed by atoms with Gasteiger partial charge in [-0.1, -0.05) is 12.1 Å². The lowest BCUT2D eigenvalue weighted by Gasteiger charge is -2.18. The quantitative estimate of drug-likeness (QED) is 0.878. The predicted molar refractivity (Wildman–Crippen MR) is 81.7 cm³/mol. The molecule has 1 N–H and O–H groups in total. The van der Waals surface area contributed by atoms with E-state index in [1.807, 2.05) is 14.1 Å². The van der Waals surface area contributed by atoms with Gasteiger partial charge < -0.3 is 24.4 Å². The largest absolute Gasteiger partial charge is 0.378 e. The van der Waals surface area contributed by atoms with Crippen LogP contribution in [0.4, 0.5) is 5.69 Å². The Morgan fingerprint density at radius 1 is 1.14 bits per heavy atom. The Bertz CT molecular complexity index is 463. The first-order valence-corrected chi connectivity index (χ1v) is 7.44. The minimum absolute atomic E-state index is 0.0705. The molecule has 2 fully saturated rings. The topological polar surface area (TPSA) is 43.0 Å². The van der Waals surface area contributed by atoms with E-state index < -0.39 is 0 Å². The first-order chi connectivity index (χ1) is 10.2. The second kappa shape index (κ2) is 6.32. The summed E-state index contributed by atoms with van der Waals surface area (Å²) in [5.74, 6) is 0. The van der Waals surface area contributed by atoms with E-state index >= 15 is 0 Å². The second-order valence-electron chi connectivity index (χ2n) is 5.92. The van der Waals surface area contributed by atoms with Gasteiger partial charge in [-0.3, -0.25) is 0 Å². The summed E-state index contributed by atoms with van der Waals surface area (Å²) >= 11 is 0. The van der Waals surface area contributed by atoms with Gasteiger partial charge in [0, 0.05) is 33.4 Å². The van der Waals surface area contributed by atoms with Crippen molar-refractivity contribution in [3.05, 3.63) is 29.8 Å². The molecule has 2 aliphatic heterocycles. The molecule has 5 heteroatoms. The molecule has 116 valence electrons. The van der Waals surface area contributed by atoms with Crippen molar-refractivity contribution in [3.8, 4) is 0 Å². The van der Waals surface area contributed by atoms with E-state index in [-0.39, 0.29) is 24.4 Å². The number of hydrogen-bond donors (Lipinski definition) is 1. The number of anilines is 1. The summed E-state index contributed by atoms with van der Waals surface area (Å²) in [6, 6.07) is 8.82. The van der Waals surface area contributed by atoms with Crippen molar-refractivity contribution < 1.29 is 14.2 Å². The van der Waals surface area contributed by atoms with Crippen molar-refractivity contribution in [2.45, 2.75) is 30.9 Å². The highest BCUT2D eigenvalue weighted by atomic mass is 16.6. The van der Waals surface area contributed by atoms with Crippen molar-refractivity contribution in [2.24, 2.45) is 0 Å². The zero-order valence-electron chi connectivity index (χ0n) is 12.9. The number of fused-ring (bicyclic) bond motifs is 1. The molecule has 0 saturated carbocycles. The molecule has 0 unspecified atom stereocenters. The lowest BCUT2D eigenvalue weighted by Crippen LogP contribution is -2.40. The number of hydrogen-bond acceptors (Lipinski definition) is 5. The van der Waals surface area contributed by atoms with E-state index in [1.165, 1.54) is 11.3 Å². The zero-order chi connectivity index (χ0) is 14.8. The summed E-state index contributed by atoms with van der Waals surface area (Å²) in [6.45, 7) is 2.14. The maximum absolute atomic E-state index is 5.81. The first-order valence-electron chi connectivity index (χ1n) is 7.44. The summed E-state index contributed by atoms with van der Waals surface area (Å²) in [7, 11) is 5.81. The second-order valence-corrected chi connectivity index (χ2v) is 5.92. The van der Waals surface area contributed by atoms with Crippen LogP contribution in [0.15, 0.2) is 24.3 Å². The van der Waals surface area contributed by atoms with E-state index in [0.29, 0.717) is 13.2 Å². The van der Waals surface area contributed by atoms with Crippen LogP contribution in [0.3, 0.4) is 0 Å². The van der Waals surface area contributed by atoms with E-state index in [2.05, 4.69) is 34.5 Å². The van der Waals surface area contributed by atoms with Crippen LogP contribution in [0.25, 0.3) is 0 Å². The predicted octanol–water partition coefficient (Wildman–Crippen LogP) is 1.02. The number of methoxy groups -OCH3 is 1. The Labute approximate surface area is 126 Å². The normalized spacial score (nSPS) is 31.4. The molecule has 0 amide bonds. The molecule has 0 aromatic heterocycles. The third kappa shape index (κ3) is 3.06. The smallest absolute Gasteiger partial charge is 0.114 e. The minimum Gasteiger partial charge on any atom is -0.378 e. The van der Waals surface area contributed by atoms with Gasteiger partial charge in [0.05, 0.1) is 19.3 Å². The molecule has 2 aliphatic rings. The maximum atomic E-state index is 5.81. The molecule has 0 spiro atoms. The van der Waals surface area contributed by atoms with E-state index in [4.69, 9.17) is 14.2 Å². The molecule has 4 atom stereocenters. The van der Waals surface area contributed by atoms with Gasteiger partial charge in [0.1, 0.15) is 18.3 Å². The summed E-state index contributed by atoms with van der Waals surface area (Å²) in [4.78, 5) is 2.10. The molecule has 1 aromatic rings. The van der Waals surface area contributed by atoms with Gasteiger partial charge in [-0.2, -0.15) is 0 Å². The fourth-order valence-corrected chi connectivity index (χ4v) is 3.00. The zero-order valence-corrected chi connectivity index (χ0v) is 12.9. The van der Waals surface area contributed by atoms with Gasteiger partial charge >= 0.3 is 0 Å². The van der Waals surface area contributed by atoms with Crippen molar-refractivity contribution >= 4 is 5.69 Å². The van der Waals surface area contributed by atoms with Crippen LogP contribution >= 0.6 is 0 Å². The highest BCUT2D eigenvalue weighted by Gasteiger charge is 2.47. The fraction of sp³-hybridized carbons (Fsp3) is 0.625. The SMILES string of the molecule is CO[C@@H]1CO[C@H]2[C@@H]1OC[C@@H]2NCc1ccc(N(C)C)cc1. The molecule has 3 rings (SSSR count). The summed E-state index contributed by atoms with van der Waals surface area (Å²) in [5.41, 5.74) is 2.48. The molecule has 2 saturated heterocycles. The summed E-state index contributed by atoms with van der Waals surface area (Å²) < 4.78 is 17.0. The Balaban J connectivity index is 1.54. The number of nitrogens with one attached hydrogen (secondary N) is 1. The van der Waals surface area contributed by atoms with E-state index in [0.717, 1.165) is 6.54 Å². The average Bonchev–Trinajstić information content (AvgIpc) is 3.07. The third-order valence-corrected chi connectivity index (χ3v) is 4.33. The molecule has 2 heterocycles. The Kier molecular flexibility index (Phi) is 4.45. The van der Waals surface area contributed by atoms with Gasteiger partial charge in [-0.15, -0.1) is 0 Å². The standard InChI is InChI=1S/C16H24N2O3/c1-18(2)12-6-4-11(5-7-12)8-17-13-9-20-16-14(19-3)10-21-15(13)16/h4-7,13-17H,8-10H2,1-3H3/t13-,14+,15+,16+/m0/s1. The van der Waals surface area contributed by atoms with Crippen LogP contribution in [-0.2, 0) is 20.8 Å². The Hall–Kier alpha value is -1.14. The van der Waals surface area contributed by atoms with Crippen molar-refractivity contribution in [1.29, 1.82) is 0 Å². The minimum atomic E-state index is 0.0705. The van der Waals surface area contributed by atoms with Crippen LogP contribution in [-0.4, -0.2) is 58.8 Å². The Morgan fingerprint density at radius 3 is 2.52 bits per heavy atom. The molecule has 1 aromatic carbocycles. The molecule has 0 aliphatic carbocycles. The van der Waals surface area contributed by atoms with Crippen molar-refractivity contribution in [2.75, 3.05) is 39.3 Å². The van der Waals surface area contributed by atoms with Crippen LogP contribution < -0.4 is 10.2 Å². The molecular formula is C16H24N2O3. The van der Waals surface area contributed by atoms with Gasteiger partial charge in [-0.25, -0.2) is 0 Å². The lowest BCUT2D eigenvalue weighted by atomic mass is 10.1. The third-order valence-electron chi connectivity index (χ3n) is 4.33. The van der Waals surface area contributed by atoms with Gasteiger partial charge in [-0.05, 0) is 17.7 Å². The highest BCUT2D eigenvalue weighted by Crippen LogP contribution is 2.28. The van der Waals surface area contributed by atoms with Crippen LogP contribution in [0.2, 0.25) is 0 Å². The Morgan fingerprint density at radius 2 is 1.86 bits per heavy atom. The van der Waals surface area contributed by atoms with Crippen molar-refractivity contribution in [1.82, 2.24) is 5.32 Å². The van der Waals surface area contributed by atoms with E-state index in [1.54, 1.807) is 7.11 Å². The maximum Gasteiger partial charge on any atom is 0.114 e. The molecule has 21 heavy (non-hydrogen) atoms. The average molecular weight is 292 g/mol. The van der Waals surface area contributed by atoms with Crippen LogP contribution in [0, 0.1) is 0 Å². The van der Waals surface area contributed by atoms with Crippen LogP contribution in [0.1, 0.15) is 5.56 Å². The van der Waals surface area contributed by atoms with Gasteiger partial charge in [0.2, 0.25) is 0 Å². The molecule has 5 nitrogen and oxygen atoms in total. The lowest BCUT2D eigenvalue weighted by molar-refractivity contribution is -0.00824. The summed E-state index contributed by atoms with van der Waals surface area (Å²) in [6.07, 6.45) is 0.251. The number of rotatable bonds is 5. The number of nitrogens with zero attached hydrogens (tertiary/aromatic N) is 1. The summed E-state index contributed by atoms with van der Waals surface area (Å²) in [5, 5.41) is 3.54.